The summed E-state index contributed by atoms with van der Waals surface area (Å²) >= 11 is 0. The third-order valence-electron chi connectivity index (χ3n) is 2.26. The summed E-state index contributed by atoms with van der Waals surface area (Å²) in [5.74, 6) is -0.114. The quantitative estimate of drug-likeness (QED) is 0.594. The van der Waals surface area contributed by atoms with E-state index in [1.165, 1.54) is 6.42 Å². The summed E-state index contributed by atoms with van der Waals surface area (Å²) in [4.78, 5) is 10.2. The van der Waals surface area contributed by atoms with Crippen LogP contribution in [0.25, 0.3) is 0 Å². The van der Waals surface area contributed by atoms with Crippen LogP contribution in [0.2, 0.25) is 0 Å². The van der Waals surface area contributed by atoms with Gasteiger partial charge in [0.1, 0.15) is 0 Å². The van der Waals surface area contributed by atoms with E-state index in [1.54, 1.807) is 0 Å². The van der Waals surface area contributed by atoms with Crippen LogP contribution in [0.3, 0.4) is 0 Å². The molecule has 3 nitrogen and oxygen atoms in total. The number of aliphatic carboxylic acids is 1. The Morgan fingerprint density at radius 2 is 1.71 bits per heavy atom. The number of unbranched alkanes of at least 4 members (excludes halogenated alkanes) is 1. The van der Waals surface area contributed by atoms with E-state index in [0.29, 0.717) is 12.3 Å². The maximum atomic E-state index is 10.2. The van der Waals surface area contributed by atoms with Gasteiger partial charge in [-0.25, -0.2) is 0 Å². The summed E-state index contributed by atoms with van der Waals surface area (Å²) in [5.41, 5.74) is 0. The van der Waals surface area contributed by atoms with Crippen LogP contribution in [0.15, 0.2) is 0 Å². The summed E-state index contributed by atoms with van der Waals surface area (Å²) in [5, 5.41) is 17.8. The number of hydrogen-bond donors (Lipinski definition) is 2. The fraction of sp³-hybridized carbons (Fsp3) is 0.909. The molecular formula is C11H22O3. The molecule has 0 saturated carbocycles. The number of rotatable bonds is 8. The van der Waals surface area contributed by atoms with Crippen LogP contribution >= 0.6 is 0 Å². The number of aliphatic hydroxyl groups excluding tert-OH is 1. The maximum Gasteiger partial charge on any atom is 0.303 e. The van der Waals surface area contributed by atoms with Gasteiger partial charge in [-0.15, -0.1) is 0 Å². The van der Waals surface area contributed by atoms with E-state index in [-0.39, 0.29) is 6.42 Å². The van der Waals surface area contributed by atoms with Crippen LogP contribution in [0.1, 0.15) is 52.4 Å². The molecule has 0 heterocycles. The molecule has 0 aromatic carbocycles. The van der Waals surface area contributed by atoms with Gasteiger partial charge < -0.3 is 10.2 Å². The van der Waals surface area contributed by atoms with E-state index < -0.39 is 12.1 Å². The third-order valence-corrected chi connectivity index (χ3v) is 2.26. The number of aliphatic hydroxyl groups is 1. The highest BCUT2D eigenvalue weighted by molar-refractivity contribution is 5.66. The van der Waals surface area contributed by atoms with Crippen LogP contribution in [0, 0.1) is 5.92 Å². The second kappa shape index (κ2) is 7.80. The minimum Gasteiger partial charge on any atom is -0.481 e. The van der Waals surface area contributed by atoms with Gasteiger partial charge in [-0.05, 0) is 18.8 Å². The molecule has 0 aliphatic heterocycles. The summed E-state index contributed by atoms with van der Waals surface area (Å²) in [6, 6.07) is 0. The van der Waals surface area contributed by atoms with Crippen molar-refractivity contribution in [2.45, 2.75) is 58.5 Å². The molecule has 14 heavy (non-hydrogen) atoms. The van der Waals surface area contributed by atoms with Gasteiger partial charge in [0.05, 0.1) is 6.10 Å². The molecular weight excluding hydrogens is 180 g/mol. The molecule has 1 unspecified atom stereocenters. The molecule has 0 bridgehead atoms. The molecule has 0 amide bonds. The largest absolute Gasteiger partial charge is 0.481 e. The monoisotopic (exact) mass is 202 g/mol. The SMILES string of the molecule is CC(C)CCCCC(O)CCC(=O)O. The van der Waals surface area contributed by atoms with Crippen LogP contribution in [0.5, 0.6) is 0 Å². The predicted molar refractivity (Wildman–Crippen MR) is 56.2 cm³/mol. The van der Waals surface area contributed by atoms with E-state index in [1.807, 2.05) is 0 Å². The van der Waals surface area contributed by atoms with Gasteiger partial charge in [0, 0.05) is 6.42 Å². The highest BCUT2D eigenvalue weighted by Crippen LogP contribution is 2.11. The predicted octanol–water partition coefficient (Wildman–Crippen LogP) is 2.43. The molecule has 0 fully saturated rings. The van der Waals surface area contributed by atoms with Crippen molar-refractivity contribution in [1.82, 2.24) is 0 Å². The Bertz CT molecular complexity index is 155. The van der Waals surface area contributed by atoms with Gasteiger partial charge in [-0.2, -0.15) is 0 Å². The second-order valence-corrected chi connectivity index (χ2v) is 4.26. The first-order chi connectivity index (χ1) is 6.52. The minimum absolute atomic E-state index is 0.0747. The molecule has 2 N–H and O–H groups in total. The molecule has 3 heteroatoms. The zero-order chi connectivity index (χ0) is 11.0. The van der Waals surface area contributed by atoms with E-state index in [0.717, 1.165) is 19.3 Å². The maximum absolute atomic E-state index is 10.2. The molecule has 0 aromatic heterocycles. The molecule has 0 rings (SSSR count). The Morgan fingerprint density at radius 1 is 1.14 bits per heavy atom. The molecule has 0 aliphatic rings. The Labute approximate surface area is 86.1 Å². The van der Waals surface area contributed by atoms with Crippen LogP contribution in [-0.2, 0) is 4.79 Å². The van der Waals surface area contributed by atoms with Crippen molar-refractivity contribution < 1.29 is 15.0 Å². The van der Waals surface area contributed by atoms with E-state index >= 15 is 0 Å². The minimum atomic E-state index is -0.828. The number of carboxylic acids is 1. The average molecular weight is 202 g/mol. The Balaban J connectivity index is 3.26. The zero-order valence-corrected chi connectivity index (χ0v) is 9.20. The fourth-order valence-electron chi connectivity index (χ4n) is 1.37. The summed E-state index contributed by atoms with van der Waals surface area (Å²) < 4.78 is 0. The van der Waals surface area contributed by atoms with Crippen molar-refractivity contribution in [1.29, 1.82) is 0 Å². The van der Waals surface area contributed by atoms with Crippen molar-refractivity contribution in [3.05, 3.63) is 0 Å². The molecule has 0 radical (unpaired) electrons. The van der Waals surface area contributed by atoms with Crippen molar-refractivity contribution in [2.75, 3.05) is 0 Å². The normalized spacial score (nSPS) is 13.1. The standard InChI is InChI=1S/C11H22O3/c1-9(2)5-3-4-6-10(12)7-8-11(13)14/h9-10,12H,3-8H2,1-2H3,(H,13,14). The second-order valence-electron chi connectivity index (χ2n) is 4.26. The number of carbonyl (C=O) groups is 1. The Hall–Kier alpha value is -0.570. The van der Waals surface area contributed by atoms with Crippen LogP contribution in [-0.4, -0.2) is 22.3 Å². The lowest BCUT2D eigenvalue weighted by atomic mass is 10.0. The molecule has 84 valence electrons. The Morgan fingerprint density at radius 3 is 2.21 bits per heavy atom. The lowest BCUT2D eigenvalue weighted by Gasteiger charge is -2.09. The zero-order valence-electron chi connectivity index (χ0n) is 9.20. The van der Waals surface area contributed by atoms with Crippen LogP contribution in [0.4, 0.5) is 0 Å². The first kappa shape index (κ1) is 13.4. The molecule has 0 saturated heterocycles. The summed E-state index contributed by atoms with van der Waals surface area (Å²) in [7, 11) is 0. The molecule has 1 atom stereocenters. The molecule has 0 aromatic rings. The fourth-order valence-corrected chi connectivity index (χ4v) is 1.37. The summed E-state index contributed by atoms with van der Waals surface area (Å²) in [6.45, 7) is 4.36. The first-order valence-electron chi connectivity index (χ1n) is 5.42. The highest BCUT2D eigenvalue weighted by atomic mass is 16.4. The van der Waals surface area contributed by atoms with Gasteiger partial charge in [0.25, 0.3) is 0 Å². The van der Waals surface area contributed by atoms with Gasteiger partial charge in [0.15, 0.2) is 0 Å². The lowest BCUT2D eigenvalue weighted by Crippen LogP contribution is -2.09. The lowest BCUT2D eigenvalue weighted by molar-refractivity contribution is -0.137. The Kier molecular flexibility index (Phi) is 7.48. The van der Waals surface area contributed by atoms with Gasteiger partial charge in [-0.1, -0.05) is 33.1 Å². The van der Waals surface area contributed by atoms with Crippen molar-refractivity contribution in [3.8, 4) is 0 Å². The van der Waals surface area contributed by atoms with Crippen LogP contribution < -0.4 is 0 Å². The van der Waals surface area contributed by atoms with Gasteiger partial charge in [0.2, 0.25) is 0 Å². The smallest absolute Gasteiger partial charge is 0.303 e. The topological polar surface area (TPSA) is 57.5 Å². The highest BCUT2D eigenvalue weighted by Gasteiger charge is 2.06. The van der Waals surface area contributed by atoms with E-state index in [2.05, 4.69) is 13.8 Å². The summed E-state index contributed by atoms with van der Waals surface area (Å²) in [6.07, 6.45) is 4.08. The first-order valence-corrected chi connectivity index (χ1v) is 5.42. The van der Waals surface area contributed by atoms with Crippen molar-refractivity contribution in [3.63, 3.8) is 0 Å². The third kappa shape index (κ3) is 9.52. The van der Waals surface area contributed by atoms with Crippen molar-refractivity contribution >= 4 is 5.97 Å². The number of hydrogen-bond acceptors (Lipinski definition) is 2. The molecule has 0 aliphatic carbocycles. The number of carboxylic acid groups (broad SMARTS) is 1. The van der Waals surface area contributed by atoms with E-state index in [4.69, 9.17) is 5.11 Å². The average Bonchev–Trinajstić information content (AvgIpc) is 2.08. The van der Waals surface area contributed by atoms with Crippen molar-refractivity contribution in [2.24, 2.45) is 5.92 Å². The van der Waals surface area contributed by atoms with Gasteiger partial charge >= 0.3 is 5.97 Å². The molecule has 0 spiro atoms. The van der Waals surface area contributed by atoms with Gasteiger partial charge in [-0.3, -0.25) is 4.79 Å². The van der Waals surface area contributed by atoms with E-state index in [9.17, 15) is 9.90 Å².